The first-order valence-corrected chi connectivity index (χ1v) is 9.91. The summed E-state index contributed by atoms with van der Waals surface area (Å²) in [5, 5.41) is 4.08. The molecular formula is C22H12F3N3O2S. The van der Waals surface area contributed by atoms with Crippen molar-refractivity contribution < 1.29 is 22.4 Å². The molecule has 154 valence electrons. The number of ether oxygens (including phenoxy) is 1. The van der Waals surface area contributed by atoms with Gasteiger partial charge in [-0.05, 0) is 54.6 Å². The molecule has 0 unspecified atom stereocenters. The predicted molar refractivity (Wildman–Crippen MR) is 110 cm³/mol. The Labute approximate surface area is 177 Å². The molecule has 3 aromatic heterocycles. The summed E-state index contributed by atoms with van der Waals surface area (Å²) in [6.45, 7) is 0. The molecule has 0 atom stereocenters. The predicted octanol–water partition coefficient (Wildman–Crippen LogP) is 6.82. The molecule has 9 heteroatoms. The fourth-order valence-electron chi connectivity index (χ4n) is 3.07. The molecule has 0 aliphatic heterocycles. The van der Waals surface area contributed by atoms with E-state index in [1.807, 2.05) is 0 Å². The molecule has 0 bridgehead atoms. The van der Waals surface area contributed by atoms with E-state index >= 15 is 0 Å². The van der Waals surface area contributed by atoms with E-state index in [1.54, 1.807) is 54.9 Å². The van der Waals surface area contributed by atoms with Gasteiger partial charge in [0.1, 0.15) is 11.5 Å². The number of nitrogens with zero attached hydrogens (tertiary/aromatic N) is 3. The topological polar surface area (TPSA) is 61.0 Å². The van der Waals surface area contributed by atoms with E-state index in [1.165, 1.54) is 23.5 Å². The molecule has 0 radical (unpaired) electrons. The van der Waals surface area contributed by atoms with Gasteiger partial charge in [-0.25, -0.2) is 0 Å². The van der Waals surface area contributed by atoms with Gasteiger partial charge in [0.25, 0.3) is 5.89 Å². The van der Waals surface area contributed by atoms with Crippen LogP contribution in [0.2, 0.25) is 0 Å². The minimum absolute atomic E-state index is 0.117. The number of thiophene rings is 1. The van der Waals surface area contributed by atoms with Crippen molar-refractivity contribution in [3.63, 3.8) is 0 Å². The van der Waals surface area contributed by atoms with Crippen LogP contribution in [0.5, 0.6) is 11.5 Å². The molecule has 0 fully saturated rings. The van der Waals surface area contributed by atoms with Crippen molar-refractivity contribution in [1.82, 2.24) is 15.1 Å². The maximum absolute atomic E-state index is 13.3. The molecule has 0 aliphatic rings. The Morgan fingerprint density at radius 3 is 2.52 bits per heavy atom. The van der Waals surface area contributed by atoms with Crippen LogP contribution >= 0.6 is 11.3 Å². The smallest absolute Gasteiger partial charge is 0.417 e. The normalized spacial score (nSPS) is 11.7. The average molecular weight is 439 g/mol. The molecule has 31 heavy (non-hydrogen) atoms. The molecule has 0 spiro atoms. The molecular weight excluding hydrogens is 427 g/mol. The molecule has 5 rings (SSSR count). The third-order valence-corrected chi connectivity index (χ3v) is 5.57. The van der Waals surface area contributed by atoms with Gasteiger partial charge in [0.05, 0.1) is 16.6 Å². The summed E-state index contributed by atoms with van der Waals surface area (Å²) in [4.78, 5) is 8.82. The lowest BCUT2D eigenvalue weighted by atomic mass is 10.1. The number of pyridine rings is 1. The minimum Gasteiger partial charge on any atom is -0.456 e. The van der Waals surface area contributed by atoms with E-state index in [4.69, 9.17) is 9.26 Å². The summed E-state index contributed by atoms with van der Waals surface area (Å²) in [5.74, 6) is 1.72. The van der Waals surface area contributed by atoms with Gasteiger partial charge in [-0.3, -0.25) is 4.98 Å². The van der Waals surface area contributed by atoms with Crippen LogP contribution in [0.1, 0.15) is 5.56 Å². The van der Waals surface area contributed by atoms with Gasteiger partial charge in [-0.15, -0.1) is 11.3 Å². The quantitative estimate of drug-likeness (QED) is 0.307. The van der Waals surface area contributed by atoms with Crippen molar-refractivity contribution in [2.24, 2.45) is 0 Å². The second kappa shape index (κ2) is 7.51. The number of fused-ring (bicyclic) bond motifs is 1. The highest BCUT2D eigenvalue weighted by molar-refractivity contribution is 7.22. The largest absolute Gasteiger partial charge is 0.456 e. The second-order valence-corrected chi connectivity index (χ2v) is 7.65. The van der Waals surface area contributed by atoms with Crippen molar-refractivity contribution in [1.29, 1.82) is 0 Å². The Bertz CT molecular complexity index is 1350. The molecule has 0 saturated carbocycles. The fourth-order valence-corrected chi connectivity index (χ4v) is 4.08. The lowest BCUT2D eigenvalue weighted by Gasteiger charge is -2.06. The maximum atomic E-state index is 13.3. The van der Waals surface area contributed by atoms with Gasteiger partial charge in [-0.1, -0.05) is 11.2 Å². The summed E-state index contributed by atoms with van der Waals surface area (Å²) in [7, 11) is 0. The Morgan fingerprint density at radius 2 is 1.77 bits per heavy atom. The zero-order chi connectivity index (χ0) is 21.4. The lowest BCUT2D eigenvalue weighted by Crippen LogP contribution is -2.04. The number of alkyl halides is 3. The highest BCUT2D eigenvalue weighted by Crippen LogP contribution is 2.40. The molecule has 0 amide bonds. The summed E-state index contributed by atoms with van der Waals surface area (Å²) < 4.78 is 51.3. The van der Waals surface area contributed by atoms with Crippen LogP contribution in [0, 0.1) is 0 Å². The first-order valence-electron chi connectivity index (χ1n) is 9.09. The maximum Gasteiger partial charge on any atom is 0.417 e. The number of rotatable bonds is 4. The number of benzene rings is 2. The van der Waals surface area contributed by atoms with Crippen LogP contribution < -0.4 is 4.74 Å². The van der Waals surface area contributed by atoms with Gasteiger partial charge in [-0.2, -0.15) is 18.2 Å². The Hall–Kier alpha value is -3.72. The molecule has 0 aliphatic carbocycles. The van der Waals surface area contributed by atoms with E-state index in [0.29, 0.717) is 32.5 Å². The summed E-state index contributed by atoms with van der Waals surface area (Å²) in [6, 6.07) is 16.1. The standard InChI is InChI=1S/C22H12F3N3O2S/c23-22(24,25)17-4-1-5-18-16(17)11-19(31-18)21-27-20(28-30-21)13-6-8-14(9-7-13)29-15-3-2-10-26-12-15/h1-12H. The Kier molecular flexibility index (Phi) is 4.67. The van der Waals surface area contributed by atoms with E-state index < -0.39 is 11.7 Å². The van der Waals surface area contributed by atoms with E-state index in [0.717, 1.165) is 6.07 Å². The number of hydrogen-bond acceptors (Lipinski definition) is 6. The SMILES string of the molecule is FC(F)(F)c1cccc2sc(-c3nc(-c4ccc(Oc5cccnc5)cc4)no3)cc12. The zero-order valence-electron chi connectivity index (χ0n) is 15.6. The molecule has 3 heterocycles. The van der Waals surface area contributed by atoms with Gasteiger partial charge < -0.3 is 9.26 Å². The number of hydrogen-bond donors (Lipinski definition) is 0. The van der Waals surface area contributed by atoms with E-state index in [2.05, 4.69) is 15.1 Å². The first-order chi connectivity index (χ1) is 15.0. The van der Waals surface area contributed by atoms with Gasteiger partial charge >= 0.3 is 6.18 Å². The van der Waals surface area contributed by atoms with Crippen LogP contribution in [-0.4, -0.2) is 15.1 Å². The highest BCUT2D eigenvalue weighted by Gasteiger charge is 2.33. The first kappa shape index (κ1) is 19.3. The minimum atomic E-state index is -4.43. The molecule has 0 saturated heterocycles. The van der Waals surface area contributed by atoms with Crippen molar-refractivity contribution in [2.75, 3.05) is 0 Å². The summed E-state index contributed by atoms with van der Waals surface area (Å²) in [6.07, 6.45) is -1.17. The van der Waals surface area contributed by atoms with Gasteiger partial charge in [0.2, 0.25) is 5.82 Å². The number of halogens is 3. The van der Waals surface area contributed by atoms with Gasteiger partial charge in [0.15, 0.2) is 0 Å². The van der Waals surface area contributed by atoms with Crippen LogP contribution in [0.3, 0.4) is 0 Å². The highest BCUT2D eigenvalue weighted by atomic mass is 32.1. The third kappa shape index (κ3) is 3.87. The summed E-state index contributed by atoms with van der Waals surface area (Å²) >= 11 is 1.17. The monoisotopic (exact) mass is 439 g/mol. The van der Waals surface area contributed by atoms with Crippen LogP contribution in [0.4, 0.5) is 13.2 Å². The van der Waals surface area contributed by atoms with Crippen molar-refractivity contribution in [3.8, 4) is 33.7 Å². The fraction of sp³-hybridized carbons (Fsp3) is 0.0455. The van der Waals surface area contributed by atoms with Gasteiger partial charge in [0, 0.05) is 21.8 Å². The molecule has 5 nitrogen and oxygen atoms in total. The molecule has 2 aromatic carbocycles. The summed E-state index contributed by atoms with van der Waals surface area (Å²) in [5.41, 5.74) is 0.00192. The van der Waals surface area contributed by atoms with Crippen LogP contribution in [0.25, 0.3) is 32.2 Å². The molecule has 5 aromatic rings. The van der Waals surface area contributed by atoms with Crippen molar-refractivity contribution in [2.45, 2.75) is 6.18 Å². The molecule has 0 N–H and O–H groups in total. The van der Waals surface area contributed by atoms with Crippen molar-refractivity contribution >= 4 is 21.4 Å². The van der Waals surface area contributed by atoms with E-state index in [9.17, 15) is 13.2 Å². The van der Waals surface area contributed by atoms with E-state index in [-0.39, 0.29) is 11.3 Å². The second-order valence-electron chi connectivity index (χ2n) is 6.56. The Balaban J connectivity index is 1.41. The van der Waals surface area contributed by atoms with Crippen molar-refractivity contribution in [3.05, 3.63) is 78.6 Å². The number of aromatic nitrogens is 3. The van der Waals surface area contributed by atoms with Crippen LogP contribution in [-0.2, 0) is 6.18 Å². The van der Waals surface area contributed by atoms with Crippen LogP contribution in [0.15, 0.2) is 77.6 Å². The third-order valence-electron chi connectivity index (χ3n) is 4.49. The average Bonchev–Trinajstić information content (AvgIpc) is 3.41. The zero-order valence-corrected chi connectivity index (χ0v) is 16.4. The lowest BCUT2D eigenvalue weighted by molar-refractivity contribution is -0.136. The Morgan fingerprint density at radius 1 is 0.935 bits per heavy atom.